The van der Waals surface area contributed by atoms with Crippen molar-refractivity contribution in [3.63, 3.8) is 0 Å². The molecule has 0 amide bonds. The topological polar surface area (TPSA) is 60.4 Å². The minimum atomic E-state index is -3.44. The van der Waals surface area contributed by atoms with Crippen LogP contribution in [0.4, 0.5) is 0 Å². The quantitative estimate of drug-likeness (QED) is 0.619. The molecule has 0 heterocycles. The predicted octanol–water partition coefficient (Wildman–Crippen LogP) is 2.54. The monoisotopic (exact) mass is 312 g/mol. The summed E-state index contributed by atoms with van der Waals surface area (Å²) in [5.41, 5.74) is 1.93. The molecule has 0 aliphatic heterocycles. The molecular formula is C14H20O4SSi. The predicted molar refractivity (Wildman–Crippen MR) is 81.1 cm³/mol. The summed E-state index contributed by atoms with van der Waals surface area (Å²) in [7, 11) is -5.66. The van der Waals surface area contributed by atoms with Gasteiger partial charge >= 0.3 is 0 Å². The van der Waals surface area contributed by atoms with Gasteiger partial charge in [-0.1, -0.05) is 42.9 Å². The van der Waals surface area contributed by atoms with Gasteiger partial charge in [-0.2, -0.15) is 8.42 Å². The lowest BCUT2D eigenvalue weighted by atomic mass is 10.2. The molecule has 0 radical (unpaired) electrons. The highest BCUT2D eigenvalue weighted by molar-refractivity contribution is 7.86. The molecule has 1 aliphatic carbocycles. The fourth-order valence-corrected chi connectivity index (χ4v) is 6.33. The summed E-state index contributed by atoms with van der Waals surface area (Å²) in [4.78, 5) is 12.6. The maximum atomic E-state index is 12.6. The van der Waals surface area contributed by atoms with Crippen molar-refractivity contribution in [2.24, 2.45) is 0 Å². The maximum Gasteiger partial charge on any atom is 0.264 e. The van der Waals surface area contributed by atoms with Crippen LogP contribution in [0.15, 0.2) is 24.3 Å². The molecule has 0 bridgehead atoms. The number of carbonyl (C=O) groups excluding carboxylic acids is 1. The van der Waals surface area contributed by atoms with Crippen LogP contribution in [0.2, 0.25) is 18.6 Å². The lowest BCUT2D eigenvalue weighted by Gasteiger charge is -2.20. The van der Waals surface area contributed by atoms with Gasteiger partial charge in [0.2, 0.25) is 0 Å². The van der Waals surface area contributed by atoms with E-state index >= 15 is 0 Å². The maximum absolute atomic E-state index is 12.6. The molecule has 0 spiro atoms. The standard InChI is InChI=1S/C14H20O4SSi/c1-10-5-7-11(8-6-10)14(15)20(3,4)13-9-12(13)18-19(2,16)17/h5-8,12-13H,9H2,1-4H3. The normalized spacial score (nSPS) is 22.6. The fraction of sp³-hybridized carbons (Fsp3) is 0.500. The zero-order chi connectivity index (χ0) is 15.1. The molecule has 0 N–H and O–H groups in total. The molecule has 0 saturated heterocycles. The van der Waals surface area contributed by atoms with Crippen LogP contribution in [0.25, 0.3) is 0 Å². The Morgan fingerprint density at radius 2 is 1.80 bits per heavy atom. The molecule has 2 rings (SSSR count). The van der Waals surface area contributed by atoms with E-state index in [1.165, 1.54) is 0 Å². The van der Waals surface area contributed by atoms with Crippen LogP contribution in [0.3, 0.4) is 0 Å². The van der Waals surface area contributed by atoms with Crippen molar-refractivity contribution < 1.29 is 17.4 Å². The van der Waals surface area contributed by atoms with Crippen LogP contribution in [0.5, 0.6) is 0 Å². The molecular weight excluding hydrogens is 292 g/mol. The van der Waals surface area contributed by atoms with Crippen molar-refractivity contribution >= 4 is 23.6 Å². The average Bonchev–Trinajstić information content (AvgIpc) is 3.06. The first-order chi connectivity index (χ1) is 9.11. The molecule has 110 valence electrons. The van der Waals surface area contributed by atoms with Gasteiger partial charge in [0.15, 0.2) is 0 Å². The Balaban J connectivity index is 2.12. The molecule has 2 atom stereocenters. The van der Waals surface area contributed by atoms with Gasteiger partial charge in [0.1, 0.15) is 13.5 Å². The molecule has 6 heteroatoms. The van der Waals surface area contributed by atoms with E-state index in [-0.39, 0.29) is 17.1 Å². The van der Waals surface area contributed by atoms with Gasteiger partial charge in [0.25, 0.3) is 10.1 Å². The first-order valence-electron chi connectivity index (χ1n) is 6.61. The molecule has 1 aromatic rings. The summed E-state index contributed by atoms with van der Waals surface area (Å²) in [5, 5.41) is 0.169. The van der Waals surface area contributed by atoms with Gasteiger partial charge in [-0.05, 0) is 18.9 Å². The van der Waals surface area contributed by atoms with Crippen LogP contribution in [-0.2, 0) is 14.3 Å². The van der Waals surface area contributed by atoms with Gasteiger partial charge in [-0.3, -0.25) is 4.18 Å². The number of hydrogen-bond acceptors (Lipinski definition) is 4. The third-order valence-corrected chi connectivity index (χ3v) is 8.37. The first-order valence-corrected chi connectivity index (χ1v) is 11.5. The Morgan fingerprint density at radius 3 is 2.30 bits per heavy atom. The average molecular weight is 312 g/mol. The van der Waals surface area contributed by atoms with E-state index in [2.05, 4.69) is 0 Å². The van der Waals surface area contributed by atoms with E-state index in [1.807, 2.05) is 44.3 Å². The zero-order valence-electron chi connectivity index (χ0n) is 12.2. The third-order valence-electron chi connectivity index (χ3n) is 3.86. The molecule has 1 fully saturated rings. The lowest BCUT2D eigenvalue weighted by molar-refractivity contribution is 0.106. The van der Waals surface area contributed by atoms with Crippen LogP contribution in [-0.4, -0.2) is 34.3 Å². The summed E-state index contributed by atoms with van der Waals surface area (Å²) in [5.74, 6) is 0. The molecule has 1 saturated carbocycles. The minimum absolute atomic E-state index is 0.0889. The third kappa shape index (κ3) is 3.37. The zero-order valence-corrected chi connectivity index (χ0v) is 14.0. The van der Waals surface area contributed by atoms with E-state index in [0.717, 1.165) is 17.4 Å². The van der Waals surface area contributed by atoms with Gasteiger partial charge < -0.3 is 4.79 Å². The highest BCUT2D eigenvalue weighted by Gasteiger charge is 2.55. The van der Waals surface area contributed by atoms with Crippen molar-refractivity contribution in [3.8, 4) is 0 Å². The van der Waals surface area contributed by atoms with Crippen molar-refractivity contribution in [1.29, 1.82) is 0 Å². The molecule has 1 aliphatic rings. The fourth-order valence-electron chi connectivity index (χ4n) is 2.51. The number of carbonyl (C=O) groups is 1. The van der Waals surface area contributed by atoms with Crippen molar-refractivity contribution in [2.45, 2.75) is 38.1 Å². The van der Waals surface area contributed by atoms with Crippen LogP contribution in [0, 0.1) is 6.92 Å². The van der Waals surface area contributed by atoms with Crippen molar-refractivity contribution in [2.75, 3.05) is 6.26 Å². The summed E-state index contributed by atoms with van der Waals surface area (Å²) in [6.07, 6.45) is 1.42. The number of aryl methyl sites for hydroxylation is 1. The molecule has 2 unspecified atom stereocenters. The van der Waals surface area contributed by atoms with E-state index < -0.39 is 18.2 Å². The van der Waals surface area contributed by atoms with Gasteiger partial charge in [0.05, 0.1) is 12.4 Å². The molecule has 1 aromatic carbocycles. The second kappa shape index (κ2) is 5.09. The second-order valence-electron chi connectivity index (χ2n) is 6.10. The molecule has 0 aromatic heterocycles. The summed E-state index contributed by atoms with van der Waals surface area (Å²) >= 11 is 0. The highest BCUT2D eigenvalue weighted by atomic mass is 32.2. The number of hydrogen-bond donors (Lipinski definition) is 0. The van der Waals surface area contributed by atoms with Crippen molar-refractivity contribution in [3.05, 3.63) is 35.4 Å². The Morgan fingerprint density at radius 1 is 1.25 bits per heavy atom. The Kier molecular flexibility index (Phi) is 3.92. The summed E-state index contributed by atoms with van der Waals surface area (Å²) < 4.78 is 27.3. The van der Waals surface area contributed by atoms with Crippen LogP contribution in [0.1, 0.15) is 22.3 Å². The number of benzene rings is 1. The van der Waals surface area contributed by atoms with Gasteiger partial charge in [-0.25, -0.2) is 0 Å². The second-order valence-corrected chi connectivity index (χ2v) is 12.3. The Labute approximate surface area is 121 Å². The van der Waals surface area contributed by atoms with E-state index in [1.54, 1.807) is 0 Å². The highest BCUT2D eigenvalue weighted by Crippen LogP contribution is 2.49. The Bertz CT molecular complexity index is 619. The van der Waals surface area contributed by atoms with Gasteiger partial charge in [-0.15, -0.1) is 0 Å². The first kappa shape index (κ1) is 15.4. The minimum Gasteiger partial charge on any atom is -0.300 e. The molecule has 4 nitrogen and oxygen atoms in total. The van der Waals surface area contributed by atoms with Crippen LogP contribution >= 0.6 is 0 Å². The number of rotatable bonds is 5. The van der Waals surface area contributed by atoms with E-state index in [0.29, 0.717) is 6.42 Å². The largest absolute Gasteiger partial charge is 0.300 e. The Hall–Kier alpha value is -0.983. The van der Waals surface area contributed by atoms with Crippen molar-refractivity contribution in [1.82, 2.24) is 0 Å². The van der Waals surface area contributed by atoms with E-state index in [9.17, 15) is 13.2 Å². The van der Waals surface area contributed by atoms with E-state index in [4.69, 9.17) is 4.18 Å². The SMILES string of the molecule is Cc1ccc(C(=O)[Si](C)(C)C2CC2OS(C)(=O)=O)cc1. The summed E-state index contributed by atoms with van der Waals surface area (Å²) in [6.45, 7) is 5.96. The summed E-state index contributed by atoms with van der Waals surface area (Å²) in [6, 6.07) is 7.55. The smallest absolute Gasteiger partial charge is 0.264 e. The molecule has 20 heavy (non-hydrogen) atoms. The lowest BCUT2D eigenvalue weighted by Crippen LogP contribution is -2.39. The van der Waals surface area contributed by atoms with Gasteiger partial charge in [0, 0.05) is 5.56 Å². The van der Waals surface area contributed by atoms with Crippen LogP contribution < -0.4 is 0 Å².